The number of para-hydroxylation sites is 2. The smallest absolute Gasteiger partial charge is 0.304 e. The predicted molar refractivity (Wildman–Crippen MR) is 156 cm³/mol. The van der Waals surface area contributed by atoms with Crippen LogP contribution in [0.2, 0.25) is 0 Å². The Balaban J connectivity index is 1.91. The molecule has 1 unspecified atom stereocenters. The normalized spacial score (nSPS) is 16.8. The lowest BCUT2D eigenvalue weighted by atomic mass is 9.65. The van der Waals surface area contributed by atoms with E-state index in [1.807, 2.05) is 30.3 Å². The highest BCUT2D eigenvalue weighted by Gasteiger charge is 2.50. The summed E-state index contributed by atoms with van der Waals surface area (Å²) in [6, 6.07) is 26.1. The quantitative estimate of drug-likeness (QED) is 0.264. The molecule has 1 aliphatic heterocycles. The molecule has 0 bridgehead atoms. The molecule has 0 fully saturated rings. The van der Waals surface area contributed by atoms with Crippen molar-refractivity contribution in [3.05, 3.63) is 118 Å². The molecule has 0 aliphatic carbocycles. The third kappa shape index (κ3) is 5.72. The Hall–Kier alpha value is -4.00. The summed E-state index contributed by atoms with van der Waals surface area (Å²) in [6.07, 6.45) is 1.14. The van der Waals surface area contributed by atoms with Gasteiger partial charge in [0, 0.05) is 22.1 Å². The van der Waals surface area contributed by atoms with E-state index in [9.17, 15) is 20.0 Å². The first-order chi connectivity index (χ1) is 18.8. The van der Waals surface area contributed by atoms with Crippen LogP contribution in [0.3, 0.4) is 0 Å². The van der Waals surface area contributed by atoms with Gasteiger partial charge in [-0.3, -0.25) is 13.9 Å². The number of halogens is 1. The average Bonchev–Trinajstić information content (AvgIpc) is 2.93. The number of hydrogen-bond acceptors (Lipinski definition) is 6. The first-order valence-corrected chi connectivity index (χ1v) is 13.8. The van der Waals surface area contributed by atoms with Gasteiger partial charge < -0.3 is 15.2 Å². The van der Waals surface area contributed by atoms with Gasteiger partial charge in [-0.1, -0.05) is 76.6 Å². The molecule has 0 saturated heterocycles. The van der Waals surface area contributed by atoms with E-state index in [1.54, 1.807) is 66.0 Å². The summed E-state index contributed by atoms with van der Waals surface area (Å²) >= 11 is 4.97. The van der Waals surface area contributed by atoms with E-state index in [4.69, 9.17) is 4.74 Å². The number of aliphatic carboxylic acids is 1. The number of allylic oxidation sites excluding steroid dienone is 2. The van der Waals surface area contributed by atoms with Crippen LogP contribution in [-0.4, -0.2) is 28.4 Å². The number of amides is 1. The van der Waals surface area contributed by atoms with E-state index in [-0.39, 0.29) is 11.1 Å². The van der Waals surface area contributed by atoms with E-state index in [1.165, 1.54) is 19.1 Å². The van der Waals surface area contributed by atoms with Gasteiger partial charge in [0.25, 0.3) is 5.91 Å². The maximum Gasteiger partial charge on any atom is 0.304 e. The van der Waals surface area contributed by atoms with Gasteiger partial charge in [-0.15, -0.1) is 0 Å². The number of hydrogen-bond donors (Lipinski definition) is 2. The van der Waals surface area contributed by atoms with Crippen LogP contribution in [0.15, 0.2) is 106 Å². The zero-order chi connectivity index (χ0) is 28.0. The molecule has 1 aliphatic rings. The second-order valence-corrected chi connectivity index (χ2v) is 10.6. The summed E-state index contributed by atoms with van der Waals surface area (Å²) in [5.74, 6) is -0.640. The molecule has 3 aromatic rings. The Kier molecular flexibility index (Phi) is 8.79. The minimum Gasteiger partial charge on any atom is -0.495 e. The van der Waals surface area contributed by atoms with Crippen LogP contribution in [0.25, 0.3) is 0 Å². The van der Waals surface area contributed by atoms with Crippen molar-refractivity contribution in [3.63, 3.8) is 0 Å². The summed E-state index contributed by atoms with van der Waals surface area (Å²) in [5.41, 5.74) is 1.29. The minimum absolute atomic E-state index is 0.146. The van der Waals surface area contributed by atoms with Crippen LogP contribution in [-0.2, 0) is 20.8 Å². The number of anilines is 1. The molecule has 1 atom stereocenters. The Morgan fingerprint density at radius 1 is 1.08 bits per heavy atom. The third-order valence-corrected chi connectivity index (χ3v) is 8.30. The van der Waals surface area contributed by atoms with Crippen LogP contribution < -0.4 is 10.1 Å². The van der Waals surface area contributed by atoms with E-state index in [2.05, 4.69) is 27.3 Å². The SMILES string of the molecule is COc1ccccc1NC(=O)C1=C(C)N(SCc2ccccc2)C=C(C#N)C1(CC(=O)O)c1ccccc1Br. The van der Waals surface area contributed by atoms with Crippen molar-refractivity contribution in [2.45, 2.75) is 24.5 Å². The summed E-state index contributed by atoms with van der Waals surface area (Å²) in [5, 5.41) is 23.5. The lowest BCUT2D eigenvalue weighted by Gasteiger charge is -2.41. The number of ether oxygens (including phenoxy) is 1. The lowest BCUT2D eigenvalue weighted by molar-refractivity contribution is -0.137. The number of carboxylic acids is 1. The van der Waals surface area contributed by atoms with Gasteiger partial charge in [-0.2, -0.15) is 5.26 Å². The van der Waals surface area contributed by atoms with Gasteiger partial charge in [-0.25, -0.2) is 0 Å². The summed E-state index contributed by atoms with van der Waals surface area (Å²) < 4.78 is 7.79. The highest BCUT2D eigenvalue weighted by Crippen LogP contribution is 2.51. The second kappa shape index (κ2) is 12.2. The van der Waals surface area contributed by atoms with Crippen LogP contribution in [0.1, 0.15) is 24.5 Å². The van der Waals surface area contributed by atoms with Crippen molar-refractivity contribution in [3.8, 4) is 11.8 Å². The van der Waals surface area contributed by atoms with Gasteiger partial charge in [0.1, 0.15) is 5.75 Å². The molecule has 0 radical (unpaired) electrons. The van der Waals surface area contributed by atoms with Crippen molar-refractivity contribution < 1.29 is 19.4 Å². The molecule has 0 saturated carbocycles. The highest BCUT2D eigenvalue weighted by atomic mass is 79.9. The molecule has 4 rings (SSSR count). The largest absolute Gasteiger partial charge is 0.495 e. The first-order valence-electron chi connectivity index (χ1n) is 12.0. The minimum atomic E-state index is -1.55. The van der Waals surface area contributed by atoms with E-state index in [0.717, 1.165) is 5.56 Å². The summed E-state index contributed by atoms with van der Waals surface area (Å²) in [6.45, 7) is 1.77. The Morgan fingerprint density at radius 3 is 2.41 bits per heavy atom. The Bertz CT molecular complexity index is 1500. The van der Waals surface area contributed by atoms with Crippen LogP contribution in [0.5, 0.6) is 5.75 Å². The molecule has 0 aromatic heterocycles. The molecular weight excluding hydrogens is 578 g/mol. The van der Waals surface area contributed by atoms with Crippen molar-refractivity contribution in [2.75, 3.05) is 12.4 Å². The molecule has 1 amide bonds. The van der Waals surface area contributed by atoms with Gasteiger partial charge in [0.2, 0.25) is 0 Å². The Morgan fingerprint density at radius 2 is 1.74 bits per heavy atom. The number of nitriles is 1. The van der Waals surface area contributed by atoms with Crippen LogP contribution in [0, 0.1) is 11.3 Å². The van der Waals surface area contributed by atoms with Crippen LogP contribution in [0.4, 0.5) is 5.69 Å². The van der Waals surface area contributed by atoms with E-state index in [0.29, 0.717) is 32.9 Å². The first kappa shape index (κ1) is 28.0. The molecule has 39 heavy (non-hydrogen) atoms. The van der Waals surface area contributed by atoms with Gasteiger partial charge >= 0.3 is 5.97 Å². The molecule has 2 N–H and O–H groups in total. The van der Waals surface area contributed by atoms with Crippen molar-refractivity contribution in [1.82, 2.24) is 4.31 Å². The second-order valence-electron chi connectivity index (χ2n) is 8.81. The van der Waals surface area contributed by atoms with Crippen molar-refractivity contribution in [1.29, 1.82) is 5.26 Å². The zero-order valence-electron chi connectivity index (χ0n) is 21.3. The number of benzene rings is 3. The lowest BCUT2D eigenvalue weighted by Crippen LogP contribution is -2.43. The predicted octanol–water partition coefficient (Wildman–Crippen LogP) is 6.65. The van der Waals surface area contributed by atoms with Crippen LogP contribution >= 0.6 is 27.9 Å². The number of carboxylic acid groups (broad SMARTS) is 1. The summed E-state index contributed by atoms with van der Waals surface area (Å²) in [7, 11) is 1.50. The molecule has 3 aromatic carbocycles. The number of methoxy groups -OCH3 is 1. The van der Waals surface area contributed by atoms with Gasteiger partial charge in [0.05, 0.1) is 41.8 Å². The Labute approximate surface area is 240 Å². The monoisotopic (exact) mass is 603 g/mol. The molecule has 9 heteroatoms. The van der Waals surface area contributed by atoms with Gasteiger partial charge in [0.15, 0.2) is 0 Å². The zero-order valence-corrected chi connectivity index (χ0v) is 23.8. The molecule has 7 nitrogen and oxygen atoms in total. The standard InChI is InChI=1S/C30H26BrN3O4S/c1-20-28(29(37)33-25-14-8-9-15-26(25)38-2)30(16-27(35)36,23-12-6-7-13-24(23)31)22(17-32)18-34(20)39-19-21-10-4-3-5-11-21/h3-15,18H,16,19H2,1-2H3,(H,33,37)(H,35,36). The summed E-state index contributed by atoms with van der Waals surface area (Å²) in [4.78, 5) is 26.6. The van der Waals surface area contributed by atoms with Crippen molar-refractivity contribution in [2.24, 2.45) is 0 Å². The van der Waals surface area contributed by atoms with Crippen molar-refractivity contribution >= 4 is 45.4 Å². The number of nitrogens with one attached hydrogen (secondary N) is 1. The average molecular weight is 605 g/mol. The highest BCUT2D eigenvalue weighted by molar-refractivity contribution is 9.10. The van der Waals surface area contributed by atoms with Gasteiger partial charge in [-0.05, 0) is 48.2 Å². The molecule has 0 spiro atoms. The number of carbonyl (C=O) groups is 2. The van der Waals surface area contributed by atoms with E-state index >= 15 is 0 Å². The third-order valence-electron chi connectivity index (χ3n) is 6.49. The fourth-order valence-electron chi connectivity index (χ4n) is 4.74. The topological polar surface area (TPSA) is 103 Å². The fraction of sp³-hybridized carbons (Fsp3) is 0.167. The molecule has 198 valence electrons. The fourth-order valence-corrected chi connectivity index (χ4v) is 6.31. The number of carbonyl (C=O) groups excluding carboxylic acids is 1. The molecular formula is C30H26BrN3O4S. The number of rotatable bonds is 9. The molecule has 1 heterocycles. The maximum atomic E-state index is 14.2. The number of nitrogens with zero attached hydrogens (tertiary/aromatic N) is 2. The van der Waals surface area contributed by atoms with E-state index < -0.39 is 23.7 Å². The maximum absolute atomic E-state index is 14.2.